The number of benzene rings is 2. The maximum absolute atomic E-state index is 10.9. The van der Waals surface area contributed by atoms with Crippen molar-refractivity contribution in [2.75, 3.05) is 19.0 Å². The van der Waals surface area contributed by atoms with Crippen LogP contribution in [0.25, 0.3) is 0 Å². The molecule has 0 saturated heterocycles. The Balaban J connectivity index is 2.60. The third kappa shape index (κ3) is 4.36. The van der Waals surface area contributed by atoms with Crippen LogP contribution >= 0.6 is 0 Å². The zero-order valence-corrected chi connectivity index (χ0v) is 17.1. The summed E-state index contributed by atoms with van der Waals surface area (Å²) in [7, 11) is 4.16. The highest BCUT2D eigenvalue weighted by Gasteiger charge is 2.26. The zero-order valence-electron chi connectivity index (χ0n) is 17.1. The van der Waals surface area contributed by atoms with E-state index >= 15 is 0 Å². The highest BCUT2D eigenvalue weighted by molar-refractivity contribution is 5.56. The molecule has 2 nitrogen and oxygen atoms in total. The van der Waals surface area contributed by atoms with Crippen LogP contribution in [-0.2, 0) is 17.3 Å². The molecule has 2 heteroatoms. The molecule has 0 saturated carbocycles. The van der Waals surface area contributed by atoms with Crippen LogP contribution in [0.5, 0.6) is 5.75 Å². The molecule has 0 radical (unpaired) electrons. The molecule has 0 aliphatic heterocycles. The second-order valence-electron chi connectivity index (χ2n) is 9.24. The lowest BCUT2D eigenvalue weighted by atomic mass is 9.78. The first-order valence-corrected chi connectivity index (χ1v) is 9.03. The van der Waals surface area contributed by atoms with Crippen molar-refractivity contribution in [2.45, 2.75) is 58.8 Å². The zero-order chi connectivity index (χ0) is 19.0. The van der Waals surface area contributed by atoms with E-state index in [4.69, 9.17) is 0 Å². The van der Waals surface area contributed by atoms with Gasteiger partial charge in [-0.25, -0.2) is 0 Å². The Hall–Kier alpha value is -1.96. The van der Waals surface area contributed by atoms with Crippen molar-refractivity contribution in [2.24, 2.45) is 0 Å². The van der Waals surface area contributed by atoms with E-state index in [1.807, 2.05) is 0 Å². The van der Waals surface area contributed by atoms with Crippen LogP contribution in [0.15, 0.2) is 36.4 Å². The highest BCUT2D eigenvalue weighted by atomic mass is 16.3. The summed E-state index contributed by atoms with van der Waals surface area (Å²) in [4.78, 5) is 2.16. The Morgan fingerprint density at radius 2 is 1.32 bits per heavy atom. The minimum Gasteiger partial charge on any atom is -0.507 e. The summed E-state index contributed by atoms with van der Waals surface area (Å²) in [5.41, 5.74) is 5.65. The van der Waals surface area contributed by atoms with Gasteiger partial charge in [0.1, 0.15) is 5.75 Å². The van der Waals surface area contributed by atoms with Gasteiger partial charge in [0.2, 0.25) is 0 Å². The summed E-state index contributed by atoms with van der Waals surface area (Å²) in [5.74, 6) is 0.449. The van der Waals surface area contributed by atoms with Gasteiger partial charge in [-0.15, -0.1) is 0 Å². The molecule has 0 fully saturated rings. The van der Waals surface area contributed by atoms with E-state index in [1.54, 1.807) is 0 Å². The van der Waals surface area contributed by atoms with Gasteiger partial charge >= 0.3 is 0 Å². The number of phenolic OH excluding ortho intramolecular Hbond substituents is 1. The standard InChI is InChI=1S/C23H33NO/c1-22(2,3)18-14-16(15-19(21(18)25)23(4,5)6)13-17-11-9-10-12-20(17)24(7)8/h9-12,14-15,25H,13H2,1-8H3. The van der Waals surface area contributed by atoms with Crippen LogP contribution in [0.1, 0.15) is 63.8 Å². The number of phenols is 1. The number of hydrogen-bond acceptors (Lipinski definition) is 2. The molecule has 25 heavy (non-hydrogen) atoms. The van der Waals surface area contributed by atoms with Crippen molar-refractivity contribution in [1.29, 1.82) is 0 Å². The molecule has 136 valence electrons. The molecule has 0 atom stereocenters. The van der Waals surface area contributed by atoms with Gasteiger partial charge in [-0.2, -0.15) is 0 Å². The van der Waals surface area contributed by atoms with Crippen LogP contribution in [0.4, 0.5) is 5.69 Å². The Morgan fingerprint density at radius 3 is 1.76 bits per heavy atom. The van der Waals surface area contributed by atoms with Crippen molar-refractivity contribution in [3.05, 3.63) is 58.7 Å². The molecule has 0 aliphatic carbocycles. The van der Waals surface area contributed by atoms with Crippen molar-refractivity contribution in [3.63, 3.8) is 0 Å². The fraction of sp³-hybridized carbons (Fsp3) is 0.478. The van der Waals surface area contributed by atoms with E-state index in [0.29, 0.717) is 5.75 Å². The van der Waals surface area contributed by atoms with Gasteiger partial charge in [-0.05, 0) is 45.6 Å². The topological polar surface area (TPSA) is 23.5 Å². The largest absolute Gasteiger partial charge is 0.507 e. The first kappa shape index (κ1) is 19.4. The summed E-state index contributed by atoms with van der Waals surface area (Å²) < 4.78 is 0. The summed E-state index contributed by atoms with van der Waals surface area (Å²) >= 11 is 0. The van der Waals surface area contributed by atoms with Gasteiger partial charge < -0.3 is 10.0 Å². The Morgan fingerprint density at radius 1 is 0.840 bits per heavy atom. The van der Waals surface area contributed by atoms with Gasteiger partial charge in [-0.3, -0.25) is 0 Å². The summed E-state index contributed by atoms with van der Waals surface area (Å²) in [6.45, 7) is 13.0. The van der Waals surface area contributed by atoms with Gasteiger partial charge in [-0.1, -0.05) is 71.9 Å². The Labute approximate surface area is 153 Å². The lowest BCUT2D eigenvalue weighted by Gasteiger charge is -2.28. The second kappa shape index (κ2) is 6.74. The molecule has 0 amide bonds. The van der Waals surface area contributed by atoms with E-state index in [1.165, 1.54) is 16.8 Å². The molecule has 1 N–H and O–H groups in total. The van der Waals surface area contributed by atoms with Gasteiger partial charge in [0.05, 0.1) is 0 Å². The van der Waals surface area contributed by atoms with Gasteiger partial charge in [0.25, 0.3) is 0 Å². The van der Waals surface area contributed by atoms with E-state index in [9.17, 15) is 5.11 Å². The number of aromatic hydroxyl groups is 1. The number of hydrogen-bond donors (Lipinski definition) is 1. The fourth-order valence-corrected chi connectivity index (χ4v) is 3.26. The van der Waals surface area contributed by atoms with Gasteiger partial charge in [0, 0.05) is 19.8 Å². The van der Waals surface area contributed by atoms with Crippen LogP contribution in [0.3, 0.4) is 0 Å². The molecule has 0 heterocycles. The third-order valence-electron chi connectivity index (χ3n) is 4.65. The molecule has 2 aromatic rings. The minimum atomic E-state index is -0.0961. The van der Waals surface area contributed by atoms with E-state index in [-0.39, 0.29) is 10.8 Å². The smallest absolute Gasteiger partial charge is 0.123 e. The summed E-state index contributed by atoms with van der Waals surface area (Å²) in [5, 5.41) is 10.9. The Kier molecular flexibility index (Phi) is 5.22. The molecule has 0 aromatic heterocycles. The van der Waals surface area contributed by atoms with Crippen LogP contribution in [-0.4, -0.2) is 19.2 Å². The highest BCUT2D eigenvalue weighted by Crippen LogP contribution is 2.40. The third-order valence-corrected chi connectivity index (χ3v) is 4.65. The normalized spacial score (nSPS) is 12.3. The van der Waals surface area contributed by atoms with Crippen LogP contribution in [0, 0.1) is 0 Å². The second-order valence-corrected chi connectivity index (χ2v) is 9.24. The van der Waals surface area contributed by atoms with Crippen molar-refractivity contribution in [1.82, 2.24) is 0 Å². The lowest BCUT2D eigenvalue weighted by Crippen LogP contribution is -2.18. The summed E-state index contributed by atoms with van der Waals surface area (Å²) in [6.07, 6.45) is 0.862. The maximum atomic E-state index is 10.9. The quantitative estimate of drug-likeness (QED) is 0.782. The predicted octanol–water partition coefficient (Wildman–Crippen LogP) is 5.64. The maximum Gasteiger partial charge on any atom is 0.123 e. The van der Waals surface area contributed by atoms with Crippen molar-refractivity contribution in [3.8, 4) is 5.75 Å². The van der Waals surface area contributed by atoms with E-state index in [2.05, 4.69) is 96.9 Å². The number of para-hydroxylation sites is 1. The SMILES string of the molecule is CN(C)c1ccccc1Cc1cc(C(C)(C)C)c(O)c(C(C)(C)C)c1. The first-order valence-electron chi connectivity index (χ1n) is 9.03. The van der Waals surface area contributed by atoms with Crippen LogP contribution in [0.2, 0.25) is 0 Å². The van der Waals surface area contributed by atoms with Gasteiger partial charge in [0.15, 0.2) is 0 Å². The fourth-order valence-electron chi connectivity index (χ4n) is 3.26. The molecular weight excluding hydrogens is 306 g/mol. The van der Waals surface area contributed by atoms with Crippen LogP contribution < -0.4 is 4.90 Å². The predicted molar refractivity (Wildman–Crippen MR) is 109 cm³/mol. The molecule has 0 unspecified atom stereocenters. The summed E-state index contributed by atoms with van der Waals surface area (Å²) in [6, 6.07) is 12.9. The molecule has 2 aromatic carbocycles. The average Bonchev–Trinajstić information content (AvgIpc) is 2.47. The molecule has 0 aliphatic rings. The number of nitrogens with zero attached hydrogens (tertiary/aromatic N) is 1. The van der Waals surface area contributed by atoms with E-state index in [0.717, 1.165) is 17.5 Å². The van der Waals surface area contributed by atoms with Crippen molar-refractivity contribution < 1.29 is 5.11 Å². The number of rotatable bonds is 3. The van der Waals surface area contributed by atoms with Crippen molar-refractivity contribution >= 4 is 5.69 Å². The minimum absolute atomic E-state index is 0.0961. The molecule has 0 spiro atoms. The Bertz CT molecular complexity index is 710. The molecule has 2 rings (SSSR count). The molecule has 0 bridgehead atoms. The van der Waals surface area contributed by atoms with E-state index < -0.39 is 0 Å². The first-order chi connectivity index (χ1) is 11.4. The molecular formula is C23H33NO. The average molecular weight is 340 g/mol. The lowest BCUT2D eigenvalue weighted by molar-refractivity contribution is 0.423. The number of anilines is 1. The monoisotopic (exact) mass is 339 g/mol.